The molecular weight excluding hydrogens is 251 g/mol. The van der Waals surface area contributed by atoms with Gasteiger partial charge in [-0.1, -0.05) is 5.98 Å². The second kappa shape index (κ2) is 4.69. The summed E-state index contributed by atoms with van der Waals surface area (Å²) in [5.41, 5.74) is -0.843. The maximum atomic E-state index is 13.4. The van der Waals surface area contributed by atoms with Crippen molar-refractivity contribution in [3.63, 3.8) is 0 Å². The molecule has 0 spiro atoms. The molecule has 1 aromatic rings. The first kappa shape index (κ1) is 14.2. The average Bonchev–Trinajstić information content (AvgIpc) is 2.46. The van der Waals surface area contributed by atoms with Gasteiger partial charge in [0.05, 0.1) is 23.1 Å². The van der Waals surface area contributed by atoms with Crippen LogP contribution in [0, 0.1) is 11.6 Å². The maximum Gasteiger partial charge on any atom is 0.487 e. The fourth-order valence-electron chi connectivity index (χ4n) is 1.68. The summed E-state index contributed by atoms with van der Waals surface area (Å²) >= 11 is 0. The van der Waals surface area contributed by atoms with Crippen LogP contribution in [0.15, 0.2) is 18.2 Å². The molecule has 19 heavy (non-hydrogen) atoms. The Morgan fingerprint density at radius 2 is 1.74 bits per heavy atom. The largest absolute Gasteiger partial charge is 0.487 e. The van der Waals surface area contributed by atoms with E-state index in [0.717, 1.165) is 12.3 Å². The molecular formula is C13H16BF2NO2. The van der Waals surface area contributed by atoms with Crippen LogP contribution in [-0.4, -0.2) is 23.3 Å². The van der Waals surface area contributed by atoms with Crippen molar-refractivity contribution in [2.24, 2.45) is 0 Å². The lowest BCUT2D eigenvalue weighted by Crippen LogP contribution is -2.41. The molecule has 0 unspecified atom stereocenters. The molecule has 0 N–H and O–H groups in total. The Morgan fingerprint density at radius 3 is 2.26 bits per heavy atom. The molecule has 1 aliphatic rings. The molecule has 0 bridgehead atoms. The van der Waals surface area contributed by atoms with Crippen LogP contribution in [0.25, 0.3) is 6.08 Å². The summed E-state index contributed by atoms with van der Waals surface area (Å²) in [6, 6.07) is 0.789. The lowest BCUT2D eigenvalue weighted by molar-refractivity contribution is 0.00578. The highest BCUT2D eigenvalue weighted by molar-refractivity contribution is 6.52. The van der Waals surface area contributed by atoms with E-state index in [1.54, 1.807) is 5.98 Å². The smallest absolute Gasteiger partial charge is 0.400 e. The van der Waals surface area contributed by atoms with Crippen molar-refractivity contribution < 1.29 is 18.1 Å². The second-order valence-corrected chi connectivity index (χ2v) is 5.50. The minimum atomic E-state index is -0.715. The third-order valence-corrected chi connectivity index (χ3v) is 3.52. The summed E-state index contributed by atoms with van der Waals surface area (Å²) < 4.78 is 37.5. The Balaban J connectivity index is 2.13. The van der Waals surface area contributed by atoms with E-state index in [1.165, 1.54) is 6.08 Å². The molecule has 0 aliphatic carbocycles. The van der Waals surface area contributed by atoms with E-state index in [-0.39, 0.29) is 5.69 Å². The van der Waals surface area contributed by atoms with Crippen LogP contribution < -0.4 is 0 Å². The Morgan fingerprint density at radius 1 is 1.16 bits per heavy atom. The van der Waals surface area contributed by atoms with Gasteiger partial charge in [0.25, 0.3) is 0 Å². The van der Waals surface area contributed by atoms with E-state index < -0.39 is 30.0 Å². The zero-order valence-electron chi connectivity index (χ0n) is 11.4. The fourth-order valence-corrected chi connectivity index (χ4v) is 1.68. The second-order valence-electron chi connectivity index (χ2n) is 5.50. The molecule has 1 saturated heterocycles. The van der Waals surface area contributed by atoms with Crippen molar-refractivity contribution in [1.82, 2.24) is 4.98 Å². The van der Waals surface area contributed by atoms with Gasteiger partial charge in [-0.3, -0.25) is 4.98 Å². The Labute approximate surface area is 111 Å². The molecule has 0 amide bonds. The van der Waals surface area contributed by atoms with Crippen LogP contribution in [0.3, 0.4) is 0 Å². The Bertz CT molecular complexity index is 501. The Kier molecular flexibility index (Phi) is 3.49. The lowest BCUT2D eigenvalue weighted by atomic mass is 9.89. The van der Waals surface area contributed by atoms with Crippen LogP contribution in [0.2, 0.25) is 0 Å². The van der Waals surface area contributed by atoms with Gasteiger partial charge in [0.15, 0.2) is 5.82 Å². The number of pyridine rings is 1. The minimum Gasteiger partial charge on any atom is -0.400 e. The SMILES string of the molecule is CC1(C)OB(C=Cc2ncc(F)cc2F)OC1(C)C. The van der Waals surface area contributed by atoms with E-state index in [4.69, 9.17) is 9.31 Å². The molecule has 1 aromatic heterocycles. The number of hydrogen-bond donors (Lipinski definition) is 0. The first-order valence-corrected chi connectivity index (χ1v) is 6.06. The van der Waals surface area contributed by atoms with E-state index in [0.29, 0.717) is 0 Å². The van der Waals surface area contributed by atoms with Crippen LogP contribution in [0.5, 0.6) is 0 Å². The van der Waals surface area contributed by atoms with Crippen molar-refractivity contribution in [2.45, 2.75) is 38.9 Å². The molecule has 2 rings (SSSR count). The lowest BCUT2D eigenvalue weighted by Gasteiger charge is -2.32. The molecule has 6 heteroatoms. The summed E-state index contributed by atoms with van der Waals surface area (Å²) in [6.45, 7) is 7.71. The highest BCUT2D eigenvalue weighted by Crippen LogP contribution is 2.36. The van der Waals surface area contributed by atoms with E-state index >= 15 is 0 Å². The number of aromatic nitrogens is 1. The molecule has 0 radical (unpaired) electrons. The van der Waals surface area contributed by atoms with Crippen LogP contribution in [0.4, 0.5) is 8.78 Å². The summed E-state index contributed by atoms with van der Waals surface area (Å²) in [5.74, 6) is 0.151. The predicted octanol–water partition coefficient (Wildman–Crippen LogP) is 3.00. The zero-order chi connectivity index (χ0) is 14.3. The summed E-state index contributed by atoms with van der Waals surface area (Å²) in [5, 5.41) is 0. The molecule has 1 aliphatic heterocycles. The number of hydrogen-bond acceptors (Lipinski definition) is 3. The van der Waals surface area contributed by atoms with Gasteiger partial charge in [-0.2, -0.15) is 0 Å². The van der Waals surface area contributed by atoms with Crippen LogP contribution >= 0.6 is 0 Å². The normalized spacial score (nSPS) is 21.3. The quantitative estimate of drug-likeness (QED) is 0.772. The molecule has 1 fully saturated rings. The Hall–Kier alpha value is -1.27. The highest BCUT2D eigenvalue weighted by Gasteiger charge is 2.50. The van der Waals surface area contributed by atoms with Crippen molar-refractivity contribution in [2.75, 3.05) is 0 Å². The summed E-state index contributed by atoms with van der Waals surface area (Å²) in [4.78, 5) is 3.66. The van der Waals surface area contributed by atoms with E-state index in [9.17, 15) is 8.78 Å². The van der Waals surface area contributed by atoms with Crippen molar-refractivity contribution in [1.29, 1.82) is 0 Å². The minimum absolute atomic E-state index is 0.0520. The van der Waals surface area contributed by atoms with Crippen LogP contribution in [-0.2, 0) is 9.31 Å². The number of rotatable bonds is 2. The standard InChI is InChI=1S/C13H16BF2NO2/c1-12(2)13(3,4)19-14(18-12)6-5-11-10(16)7-9(15)8-17-11/h5-8H,1-4H3. The summed E-state index contributed by atoms with van der Waals surface area (Å²) in [7, 11) is -0.573. The van der Waals surface area contributed by atoms with Crippen LogP contribution in [0.1, 0.15) is 33.4 Å². The average molecular weight is 267 g/mol. The van der Waals surface area contributed by atoms with Gasteiger partial charge in [0.1, 0.15) is 5.82 Å². The van der Waals surface area contributed by atoms with Gasteiger partial charge >= 0.3 is 7.12 Å². The summed E-state index contributed by atoms with van der Waals surface area (Å²) in [6.07, 6.45) is 2.39. The zero-order valence-corrected chi connectivity index (χ0v) is 11.4. The molecule has 2 heterocycles. The molecule has 102 valence electrons. The van der Waals surface area contributed by atoms with Crippen molar-refractivity contribution in [3.05, 3.63) is 35.6 Å². The highest BCUT2D eigenvalue weighted by atomic mass is 19.1. The molecule has 0 atom stereocenters. The van der Waals surface area contributed by atoms with Gasteiger partial charge in [0.2, 0.25) is 0 Å². The first-order chi connectivity index (χ1) is 8.71. The number of nitrogens with zero attached hydrogens (tertiary/aromatic N) is 1. The topological polar surface area (TPSA) is 31.4 Å². The first-order valence-electron chi connectivity index (χ1n) is 6.06. The molecule has 3 nitrogen and oxygen atoms in total. The van der Waals surface area contributed by atoms with Gasteiger partial charge in [-0.05, 0) is 33.8 Å². The molecule has 0 saturated carbocycles. The maximum absolute atomic E-state index is 13.4. The third kappa shape index (κ3) is 2.85. The van der Waals surface area contributed by atoms with E-state index in [1.807, 2.05) is 27.7 Å². The van der Waals surface area contributed by atoms with Gasteiger partial charge in [-0.15, -0.1) is 0 Å². The van der Waals surface area contributed by atoms with Gasteiger partial charge < -0.3 is 9.31 Å². The van der Waals surface area contributed by atoms with E-state index in [2.05, 4.69) is 4.98 Å². The fraction of sp³-hybridized carbons (Fsp3) is 0.462. The monoisotopic (exact) mass is 267 g/mol. The predicted molar refractivity (Wildman–Crippen MR) is 69.3 cm³/mol. The van der Waals surface area contributed by atoms with Crippen molar-refractivity contribution >= 4 is 13.2 Å². The van der Waals surface area contributed by atoms with Gasteiger partial charge in [0, 0.05) is 6.07 Å². The van der Waals surface area contributed by atoms with Crippen molar-refractivity contribution in [3.8, 4) is 0 Å². The number of halogens is 2. The van der Waals surface area contributed by atoms with Gasteiger partial charge in [-0.25, -0.2) is 8.78 Å². The third-order valence-electron chi connectivity index (χ3n) is 3.52. The molecule has 0 aromatic carbocycles.